The third kappa shape index (κ3) is 4.69. The molecule has 9 nitrogen and oxygen atoms in total. The molecule has 1 aromatic carbocycles. The van der Waals surface area contributed by atoms with Crippen molar-refractivity contribution in [2.24, 2.45) is 0 Å². The summed E-state index contributed by atoms with van der Waals surface area (Å²) in [7, 11) is 0. The number of hydrogen-bond donors (Lipinski definition) is 1. The van der Waals surface area contributed by atoms with Crippen molar-refractivity contribution in [3.05, 3.63) is 52.7 Å². The van der Waals surface area contributed by atoms with Crippen LogP contribution in [0.2, 0.25) is 5.02 Å². The lowest BCUT2D eigenvalue weighted by atomic mass is 10.1. The highest BCUT2D eigenvalue weighted by Crippen LogP contribution is 2.31. The molecule has 0 atom stereocenters. The molecule has 10 heteroatoms. The third-order valence-electron chi connectivity index (χ3n) is 3.68. The SMILES string of the molecule is CCOC(=O)c1ccc(Nc2onc(-c3ccc(Cl)cc3)c2C(=O)OCC)nn1. The first kappa shape index (κ1) is 20.3. The molecule has 2 aromatic heterocycles. The highest BCUT2D eigenvalue weighted by atomic mass is 35.5. The molecule has 3 rings (SSSR count). The first-order valence-corrected chi connectivity index (χ1v) is 9.11. The number of carbonyl (C=O) groups is 2. The third-order valence-corrected chi connectivity index (χ3v) is 3.93. The van der Waals surface area contributed by atoms with Gasteiger partial charge in [0.25, 0.3) is 0 Å². The highest BCUT2D eigenvalue weighted by Gasteiger charge is 2.26. The van der Waals surface area contributed by atoms with Crippen molar-refractivity contribution in [1.29, 1.82) is 0 Å². The summed E-state index contributed by atoms with van der Waals surface area (Å²) < 4.78 is 15.3. The first-order valence-electron chi connectivity index (χ1n) is 8.74. The smallest absolute Gasteiger partial charge is 0.358 e. The number of carbonyl (C=O) groups excluding carboxylic acids is 2. The van der Waals surface area contributed by atoms with Gasteiger partial charge in [0.2, 0.25) is 5.88 Å². The van der Waals surface area contributed by atoms with E-state index in [-0.39, 0.29) is 36.2 Å². The molecular weight excluding hydrogens is 400 g/mol. The number of nitrogens with one attached hydrogen (secondary N) is 1. The van der Waals surface area contributed by atoms with Crippen LogP contribution in [0.3, 0.4) is 0 Å². The van der Waals surface area contributed by atoms with E-state index in [2.05, 4.69) is 20.7 Å². The van der Waals surface area contributed by atoms with Crippen molar-refractivity contribution < 1.29 is 23.6 Å². The van der Waals surface area contributed by atoms with E-state index in [0.29, 0.717) is 16.3 Å². The molecule has 0 saturated heterocycles. The molecule has 150 valence electrons. The Morgan fingerprint density at radius 3 is 2.31 bits per heavy atom. The van der Waals surface area contributed by atoms with Crippen molar-refractivity contribution in [1.82, 2.24) is 15.4 Å². The molecule has 0 spiro atoms. The Labute approximate surface area is 171 Å². The van der Waals surface area contributed by atoms with Crippen molar-refractivity contribution in [3.63, 3.8) is 0 Å². The van der Waals surface area contributed by atoms with Gasteiger partial charge in [0.15, 0.2) is 17.1 Å². The van der Waals surface area contributed by atoms with E-state index in [1.807, 2.05) is 0 Å². The first-order chi connectivity index (χ1) is 14.0. The predicted molar refractivity (Wildman–Crippen MR) is 104 cm³/mol. The summed E-state index contributed by atoms with van der Waals surface area (Å²) in [4.78, 5) is 24.2. The van der Waals surface area contributed by atoms with Gasteiger partial charge in [-0.05, 0) is 38.1 Å². The number of hydrogen-bond acceptors (Lipinski definition) is 9. The fourth-order valence-corrected chi connectivity index (χ4v) is 2.53. The standard InChI is InChI=1S/C19H17ClN4O5/c1-3-27-18(25)13-9-10-14(23-22-13)21-17-15(19(26)28-4-2)16(24-29-17)11-5-7-12(20)8-6-11/h5-10H,3-4H2,1-2H3,(H,21,23). The van der Waals surface area contributed by atoms with Crippen molar-refractivity contribution in [2.75, 3.05) is 18.5 Å². The summed E-state index contributed by atoms with van der Waals surface area (Å²) >= 11 is 5.92. The van der Waals surface area contributed by atoms with Crippen LogP contribution in [0.15, 0.2) is 40.9 Å². The zero-order chi connectivity index (χ0) is 20.8. The fraction of sp³-hybridized carbons (Fsp3) is 0.211. The number of aromatic nitrogens is 3. The number of esters is 2. The largest absolute Gasteiger partial charge is 0.462 e. The van der Waals surface area contributed by atoms with Gasteiger partial charge in [0.1, 0.15) is 5.69 Å². The molecular formula is C19H17ClN4O5. The van der Waals surface area contributed by atoms with Gasteiger partial charge in [0, 0.05) is 10.6 Å². The lowest BCUT2D eigenvalue weighted by Crippen LogP contribution is -2.10. The molecule has 0 aliphatic carbocycles. The zero-order valence-corrected chi connectivity index (χ0v) is 16.4. The molecule has 3 aromatic rings. The molecule has 0 amide bonds. The molecule has 0 aliphatic heterocycles. The number of rotatable bonds is 7. The van der Waals surface area contributed by atoms with E-state index in [1.165, 1.54) is 12.1 Å². The normalized spacial score (nSPS) is 10.4. The minimum atomic E-state index is -0.614. The van der Waals surface area contributed by atoms with Gasteiger partial charge in [-0.1, -0.05) is 28.9 Å². The van der Waals surface area contributed by atoms with Gasteiger partial charge in [-0.3, -0.25) is 0 Å². The van der Waals surface area contributed by atoms with Crippen LogP contribution in [-0.4, -0.2) is 40.5 Å². The number of ether oxygens (including phenoxy) is 2. The maximum Gasteiger partial charge on any atom is 0.358 e. The maximum atomic E-state index is 12.5. The van der Waals surface area contributed by atoms with E-state index >= 15 is 0 Å². The average molecular weight is 417 g/mol. The van der Waals surface area contributed by atoms with Crippen LogP contribution in [-0.2, 0) is 9.47 Å². The van der Waals surface area contributed by atoms with Gasteiger partial charge in [-0.25, -0.2) is 9.59 Å². The summed E-state index contributed by atoms with van der Waals surface area (Å²) in [6.07, 6.45) is 0. The van der Waals surface area contributed by atoms with Gasteiger partial charge in [-0.15, -0.1) is 10.2 Å². The molecule has 0 bridgehead atoms. The summed E-state index contributed by atoms with van der Waals surface area (Å²) in [6, 6.07) is 9.70. The molecule has 1 N–H and O–H groups in total. The summed E-state index contributed by atoms with van der Waals surface area (Å²) in [5.74, 6) is -0.922. The van der Waals surface area contributed by atoms with Crippen LogP contribution in [0.4, 0.5) is 11.7 Å². The summed E-state index contributed by atoms with van der Waals surface area (Å²) in [5.41, 5.74) is 1.07. The Morgan fingerprint density at radius 1 is 1.00 bits per heavy atom. The number of anilines is 2. The molecule has 0 aliphatic rings. The average Bonchev–Trinajstić information content (AvgIpc) is 3.13. The van der Waals surface area contributed by atoms with Gasteiger partial charge in [-0.2, -0.15) is 0 Å². The second kappa shape index (κ2) is 9.16. The molecule has 0 saturated carbocycles. The monoisotopic (exact) mass is 416 g/mol. The van der Waals surface area contributed by atoms with E-state index in [1.54, 1.807) is 38.1 Å². The lowest BCUT2D eigenvalue weighted by molar-refractivity contribution is 0.0512. The second-order valence-electron chi connectivity index (χ2n) is 5.61. The molecule has 0 radical (unpaired) electrons. The zero-order valence-electron chi connectivity index (χ0n) is 15.6. The number of benzene rings is 1. The molecule has 2 heterocycles. The topological polar surface area (TPSA) is 116 Å². The van der Waals surface area contributed by atoms with Crippen molar-refractivity contribution in [2.45, 2.75) is 13.8 Å². The quantitative estimate of drug-likeness (QED) is 0.572. The molecule has 29 heavy (non-hydrogen) atoms. The predicted octanol–water partition coefficient (Wildman–Crippen LogP) is 3.88. The molecule has 0 fully saturated rings. The van der Waals surface area contributed by atoms with Crippen molar-refractivity contribution in [3.8, 4) is 11.3 Å². The summed E-state index contributed by atoms with van der Waals surface area (Å²) in [5, 5.41) is 15.1. The van der Waals surface area contributed by atoms with Gasteiger partial charge >= 0.3 is 11.9 Å². The van der Waals surface area contributed by atoms with E-state index < -0.39 is 11.9 Å². The number of halogens is 1. The van der Waals surface area contributed by atoms with Crippen LogP contribution in [0.5, 0.6) is 0 Å². The van der Waals surface area contributed by atoms with Crippen LogP contribution < -0.4 is 5.32 Å². The lowest BCUT2D eigenvalue weighted by Gasteiger charge is -2.06. The second-order valence-corrected chi connectivity index (χ2v) is 6.05. The van der Waals surface area contributed by atoms with Crippen LogP contribution in [0.1, 0.15) is 34.7 Å². The van der Waals surface area contributed by atoms with Crippen LogP contribution in [0, 0.1) is 0 Å². The van der Waals surface area contributed by atoms with E-state index in [4.69, 9.17) is 25.6 Å². The Kier molecular flexibility index (Phi) is 6.40. The molecule has 0 unspecified atom stereocenters. The Hall–Kier alpha value is -3.46. The Morgan fingerprint density at radius 2 is 1.69 bits per heavy atom. The Bertz CT molecular complexity index is 1000. The van der Waals surface area contributed by atoms with E-state index in [9.17, 15) is 9.59 Å². The fourth-order valence-electron chi connectivity index (χ4n) is 2.40. The summed E-state index contributed by atoms with van der Waals surface area (Å²) in [6.45, 7) is 3.80. The number of nitrogens with zero attached hydrogens (tertiary/aromatic N) is 3. The van der Waals surface area contributed by atoms with Gasteiger partial charge < -0.3 is 19.3 Å². The maximum absolute atomic E-state index is 12.5. The van der Waals surface area contributed by atoms with Gasteiger partial charge in [0.05, 0.1) is 13.2 Å². The Balaban J connectivity index is 1.91. The van der Waals surface area contributed by atoms with E-state index in [0.717, 1.165) is 0 Å². The van der Waals surface area contributed by atoms with Crippen LogP contribution in [0.25, 0.3) is 11.3 Å². The van der Waals surface area contributed by atoms with Crippen LogP contribution >= 0.6 is 11.6 Å². The van der Waals surface area contributed by atoms with Crippen molar-refractivity contribution >= 4 is 35.2 Å². The minimum absolute atomic E-state index is 0.0339. The minimum Gasteiger partial charge on any atom is -0.462 e. The highest BCUT2D eigenvalue weighted by molar-refractivity contribution is 6.30.